The fourth-order valence-electron chi connectivity index (χ4n) is 2.88. The number of rotatable bonds is 6. The predicted molar refractivity (Wildman–Crippen MR) is 98.0 cm³/mol. The van der Waals surface area contributed by atoms with Gasteiger partial charge in [-0.1, -0.05) is 60.7 Å². The Morgan fingerprint density at radius 3 is 2.23 bits per heavy atom. The van der Waals surface area contributed by atoms with Gasteiger partial charge in [-0.05, 0) is 11.1 Å². The van der Waals surface area contributed by atoms with Gasteiger partial charge in [-0.25, -0.2) is 5.43 Å². The minimum absolute atomic E-state index is 0.0699. The fourth-order valence-corrected chi connectivity index (χ4v) is 2.88. The van der Waals surface area contributed by atoms with Crippen molar-refractivity contribution in [3.63, 3.8) is 0 Å². The topological polar surface area (TPSA) is 70.7 Å². The van der Waals surface area contributed by atoms with Crippen molar-refractivity contribution in [2.75, 3.05) is 26.3 Å². The third kappa shape index (κ3) is 4.91. The second-order valence-corrected chi connectivity index (χ2v) is 6.14. The summed E-state index contributed by atoms with van der Waals surface area (Å²) >= 11 is 0. The van der Waals surface area contributed by atoms with Gasteiger partial charge in [-0.15, -0.1) is 0 Å². The minimum Gasteiger partial charge on any atom is -0.378 e. The Kier molecular flexibility index (Phi) is 6.35. The smallest absolute Gasteiger partial charge is 0.246 e. The molecule has 0 aromatic heterocycles. The van der Waals surface area contributed by atoms with Gasteiger partial charge in [0, 0.05) is 13.1 Å². The summed E-state index contributed by atoms with van der Waals surface area (Å²) in [5, 5.41) is 0. The first-order valence-corrected chi connectivity index (χ1v) is 8.74. The molecule has 2 N–H and O–H groups in total. The van der Waals surface area contributed by atoms with Crippen LogP contribution in [-0.2, 0) is 20.7 Å². The van der Waals surface area contributed by atoms with Crippen LogP contribution in [0, 0.1) is 0 Å². The van der Waals surface area contributed by atoms with E-state index >= 15 is 0 Å². The van der Waals surface area contributed by atoms with Crippen molar-refractivity contribution in [3.8, 4) is 0 Å². The average molecular weight is 353 g/mol. The Balaban J connectivity index is 1.65. The number of hydrazine groups is 1. The molecular formula is C20H23N3O3. The summed E-state index contributed by atoms with van der Waals surface area (Å²) in [7, 11) is 0. The van der Waals surface area contributed by atoms with Gasteiger partial charge in [-0.3, -0.25) is 15.0 Å². The van der Waals surface area contributed by atoms with Crippen LogP contribution < -0.4 is 10.9 Å². The zero-order valence-corrected chi connectivity index (χ0v) is 14.6. The molecule has 0 saturated carbocycles. The van der Waals surface area contributed by atoms with Crippen molar-refractivity contribution in [2.24, 2.45) is 0 Å². The second-order valence-electron chi connectivity index (χ2n) is 6.14. The molecule has 0 aliphatic carbocycles. The van der Waals surface area contributed by atoms with Crippen LogP contribution in [0.2, 0.25) is 0 Å². The third-order valence-corrected chi connectivity index (χ3v) is 4.27. The molecular weight excluding hydrogens is 330 g/mol. The molecule has 0 radical (unpaired) electrons. The number of benzene rings is 2. The van der Waals surface area contributed by atoms with E-state index in [0.717, 1.165) is 11.1 Å². The molecule has 0 unspecified atom stereocenters. The van der Waals surface area contributed by atoms with Crippen LogP contribution in [0.3, 0.4) is 0 Å². The summed E-state index contributed by atoms with van der Waals surface area (Å²) in [5.41, 5.74) is 7.33. The molecule has 2 amide bonds. The molecule has 1 aliphatic heterocycles. The van der Waals surface area contributed by atoms with Crippen LogP contribution in [0.25, 0.3) is 0 Å². The number of hydrogen-bond acceptors (Lipinski definition) is 4. The Labute approximate surface area is 153 Å². The number of carbonyl (C=O) groups is 2. The molecule has 3 rings (SSSR count). The van der Waals surface area contributed by atoms with E-state index in [0.29, 0.717) is 26.3 Å². The van der Waals surface area contributed by atoms with E-state index in [4.69, 9.17) is 4.74 Å². The lowest BCUT2D eigenvalue weighted by molar-refractivity contribution is -0.138. The molecule has 2 aromatic carbocycles. The van der Waals surface area contributed by atoms with Gasteiger partial charge in [0.25, 0.3) is 0 Å². The summed E-state index contributed by atoms with van der Waals surface area (Å²) in [6.07, 6.45) is 0.251. The number of nitrogens with zero attached hydrogens (tertiary/aromatic N) is 1. The van der Waals surface area contributed by atoms with Gasteiger partial charge < -0.3 is 9.64 Å². The monoisotopic (exact) mass is 353 g/mol. The van der Waals surface area contributed by atoms with Gasteiger partial charge in [0.2, 0.25) is 11.8 Å². The molecule has 1 atom stereocenters. The molecule has 0 spiro atoms. The maximum absolute atomic E-state index is 12.9. The molecule has 6 nitrogen and oxygen atoms in total. The van der Waals surface area contributed by atoms with E-state index in [-0.39, 0.29) is 18.2 Å². The largest absolute Gasteiger partial charge is 0.378 e. The van der Waals surface area contributed by atoms with Gasteiger partial charge in [0.1, 0.15) is 6.04 Å². The quantitative estimate of drug-likeness (QED) is 0.771. The molecule has 2 aromatic rings. The van der Waals surface area contributed by atoms with Crippen LogP contribution in [0.1, 0.15) is 17.2 Å². The molecule has 0 bridgehead atoms. The number of carbonyl (C=O) groups excluding carboxylic acids is 2. The standard InChI is InChI=1S/C20H23N3O3/c24-18(15-16-7-3-1-4-8-16)21-22-19(17-9-5-2-6-10-17)20(25)23-11-13-26-14-12-23/h1-10,19,22H,11-15H2,(H,21,24)/t19-/m0/s1. The molecule has 1 aliphatic rings. The first-order valence-electron chi connectivity index (χ1n) is 8.74. The molecule has 1 saturated heterocycles. The summed E-state index contributed by atoms with van der Waals surface area (Å²) in [6.45, 7) is 2.19. The molecule has 136 valence electrons. The van der Waals surface area contributed by atoms with E-state index < -0.39 is 6.04 Å². The van der Waals surface area contributed by atoms with Crippen LogP contribution in [0.15, 0.2) is 60.7 Å². The number of nitrogens with one attached hydrogen (secondary N) is 2. The van der Waals surface area contributed by atoms with Crippen LogP contribution in [0.4, 0.5) is 0 Å². The number of amides is 2. The number of ether oxygens (including phenoxy) is 1. The molecule has 1 heterocycles. The van der Waals surface area contributed by atoms with Crippen molar-refractivity contribution >= 4 is 11.8 Å². The van der Waals surface area contributed by atoms with Crippen molar-refractivity contribution < 1.29 is 14.3 Å². The highest BCUT2D eigenvalue weighted by molar-refractivity contribution is 5.84. The van der Waals surface area contributed by atoms with Gasteiger partial charge in [-0.2, -0.15) is 0 Å². The zero-order valence-electron chi connectivity index (χ0n) is 14.6. The van der Waals surface area contributed by atoms with E-state index in [1.54, 1.807) is 4.90 Å². The van der Waals surface area contributed by atoms with Crippen LogP contribution in [0.5, 0.6) is 0 Å². The summed E-state index contributed by atoms with van der Waals surface area (Å²) in [5.74, 6) is -0.258. The SMILES string of the molecule is O=C(Cc1ccccc1)NN[C@H](C(=O)N1CCOCC1)c1ccccc1. The van der Waals surface area contributed by atoms with E-state index in [1.807, 2.05) is 60.7 Å². The van der Waals surface area contributed by atoms with E-state index in [2.05, 4.69) is 10.9 Å². The van der Waals surface area contributed by atoms with Crippen molar-refractivity contribution in [1.29, 1.82) is 0 Å². The van der Waals surface area contributed by atoms with Gasteiger partial charge in [0.05, 0.1) is 19.6 Å². The Bertz CT molecular complexity index is 716. The maximum atomic E-state index is 12.9. The van der Waals surface area contributed by atoms with E-state index in [1.165, 1.54) is 0 Å². The highest BCUT2D eigenvalue weighted by atomic mass is 16.5. The first kappa shape index (κ1) is 18.1. The average Bonchev–Trinajstić information content (AvgIpc) is 2.70. The maximum Gasteiger partial charge on any atom is 0.246 e. The lowest BCUT2D eigenvalue weighted by Gasteiger charge is -2.31. The van der Waals surface area contributed by atoms with E-state index in [9.17, 15) is 9.59 Å². The normalized spacial score (nSPS) is 15.3. The van der Waals surface area contributed by atoms with Gasteiger partial charge in [0.15, 0.2) is 0 Å². The predicted octanol–water partition coefficient (Wildman–Crippen LogP) is 1.45. The minimum atomic E-state index is -0.631. The highest BCUT2D eigenvalue weighted by Crippen LogP contribution is 2.16. The van der Waals surface area contributed by atoms with Crippen LogP contribution in [-0.4, -0.2) is 43.0 Å². The lowest BCUT2D eigenvalue weighted by Crippen LogP contribution is -2.50. The Morgan fingerprint density at radius 1 is 0.962 bits per heavy atom. The third-order valence-electron chi connectivity index (χ3n) is 4.27. The van der Waals surface area contributed by atoms with Crippen LogP contribution >= 0.6 is 0 Å². The number of hydrogen-bond donors (Lipinski definition) is 2. The fraction of sp³-hybridized carbons (Fsp3) is 0.300. The Morgan fingerprint density at radius 2 is 1.58 bits per heavy atom. The molecule has 6 heteroatoms. The second kappa shape index (κ2) is 9.12. The number of morpholine rings is 1. The van der Waals surface area contributed by atoms with Crippen molar-refractivity contribution in [1.82, 2.24) is 15.8 Å². The highest BCUT2D eigenvalue weighted by Gasteiger charge is 2.27. The van der Waals surface area contributed by atoms with Gasteiger partial charge >= 0.3 is 0 Å². The summed E-state index contributed by atoms with van der Waals surface area (Å²) in [4.78, 5) is 26.9. The molecule has 26 heavy (non-hydrogen) atoms. The molecule has 1 fully saturated rings. The Hall–Kier alpha value is -2.70. The summed E-state index contributed by atoms with van der Waals surface area (Å²) < 4.78 is 5.32. The van der Waals surface area contributed by atoms with Crippen molar-refractivity contribution in [3.05, 3.63) is 71.8 Å². The van der Waals surface area contributed by atoms with Crippen molar-refractivity contribution in [2.45, 2.75) is 12.5 Å². The summed E-state index contributed by atoms with van der Waals surface area (Å²) in [6, 6.07) is 18.3. The lowest BCUT2D eigenvalue weighted by atomic mass is 10.1. The zero-order chi connectivity index (χ0) is 18.2. The first-order chi connectivity index (χ1) is 12.7.